The van der Waals surface area contributed by atoms with Gasteiger partial charge in [-0.15, -0.1) is 6.42 Å². The van der Waals surface area contributed by atoms with E-state index in [9.17, 15) is 24.3 Å². The summed E-state index contributed by atoms with van der Waals surface area (Å²) in [5.74, 6) is 0.0550. The van der Waals surface area contributed by atoms with Gasteiger partial charge in [0.1, 0.15) is 17.6 Å². The van der Waals surface area contributed by atoms with Crippen LogP contribution < -0.4 is 20.5 Å². The Morgan fingerprint density at radius 3 is 2.62 bits per heavy atom. The van der Waals surface area contributed by atoms with Crippen LogP contribution in [-0.4, -0.2) is 57.7 Å². The fourth-order valence-corrected chi connectivity index (χ4v) is 3.80. The molecule has 0 spiro atoms. The molecule has 1 amide bonds. The van der Waals surface area contributed by atoms with Gasteiger partial charge in [-0.3, -0.25) is 14.4 Å². The molecule has 11 nitrogen and oxygen atoms in total. The van der Waals surface area contributed by atoms with E-state index in [1.54, 1.807) is 31.2 Å². The minimum absolute atomic E-state index is 0.0761. The van der Waals surface area contributed by atoms with E-state index in [1.165, 1.54) is 13.2 Å². The van der Waals surface area contributed by atoms with E-state index in [-0.39, 0.29) is 29.8 Å². The molecule has 0 aliphatic heterocycles. The Labute approximate surface area is 212 Å². The summed E-state index contributed by atoms with van der Waals surface area (Å²) in [6.45, 7) is 2.27. The number of aliphatic carboxylic acids is 2. The molecule has 4 N–H and O–H groups in total. The fraction of sp³-hybridized carbons (Fsp3) is 0.269. The van der Waals surface area contributed by atoms with E-state index in [1.807, 2.05) is 11.0 Å². The summed E-state index contributed by atoms with van der Waals surface area (Å²) in [6.07, 6.45) is 4.90. The maximum absolute atomic E-state index is 12.8. The van der Waals surface area contributed by atoms with Crippen molar-refractivity contribution in [2.45, 2.75) is 32.4 Å². The fourth-order valence-electron chi connectivity index (χ4n) is 3.80. The standard InChI is InChI=1S/C26H26N4O7/c1-4-11-30(14-16-5-8-20-19(12-16)25(34)28-15(2)27-20)17-6-7-18(22(13-17)37-3)24(33)29-21(26(35)36)9-10-23(31)32/h1,5-8,12-13,21H,9-11,14H2,2-3H3,(H,29,33)(H,31,32)(H,35,36)(H,27,28,34). The summed E-state index contributed by atoms with van der Waals surface area (Å²) in [6, 6.07) is 8.68. The minimum Gasteiger partial charge on any atom is -0.496 e. The van der Waals surface area contributed by atoms with Crippen LogP contribution in [-0.2, 0) is 16.1 Å². The molecule has 0 bridgehead atoms. The quantitative estimate of drug-likeness (QED) is 0.285. The predicted molar refractivity (Wildman–Crippen MR) is 136 cm³/mol. The highest BCUT2D eigenvalue weighted by molar-refractivity contribution is 5.99. The number of carbonyl (C=O) groups excluding carboxylic acids is 1. The van der Waals surface area contributed by atoms with E-state index in [0.717, 1.165) is 5.56 Å². The van der Waals surface area contributed by atoms with Crippen molar-refractivity contribution in [3.8, 4) is 18.1 Å². The summed E-state index contributed by atoms with van der Waals surface area (Å²) in [5.41, 5.74) is 1.85. The number of benzene rings is 2. The van der Waals surface area contributed by atoms with Crippen LogP contribution >= 0.6 is 0 Å². The second-order valence-electron chi connectivity index (χ2n) is 8.24. The number of aromatic nitrogens is 2. The van der Waals surface area contributed by atoms with Gasteiger partial charge in [0.15, 0.2) is 0 Å². The molecule has 0 saturated carbocycles. The van der Waals surface area contributed by atoms with Crippen molar-refractivity contribution in [3.05, 3.63) is 63.7 Å². The highest BCUT2D eigenvalue weighted by Gasteiger charge is 2.24. The number of terminal acetylenes is 1. The average molecular weight is 507 g/mol. The summed E-state index contributed by atoms with van der Waals surface area (Å²) < 4.78 is 5.38. The Bertz CT molecular complexity index is 1440. The normalized spacial score (nSPS) is 11.4. The van der Waals surface area contributed by atoms with Crippen LogP contribution in [0.1, 0.15) is 34.6 Å². The molecule has 0 saturated heterocycles. The van der Waals surface area contributed by atoms with Crippen LogP contribution in [0.2, 0.25) is 0 Å². The van der Waals surface area contributed by atoms with Crippen LogP contribution in [0.4, 0.5) is 5.69 Å². The van der Waals surface area contributed by atoms with Gasteiger partial charge in [-0.25, -0.2) is 9.78 Å². The zero-order valence-electron chi connectivity index (χ0n) is 20.3. The van der Waals surface area contributed by atoms with E-state index < -0.39 is 30.3 Å². The molecule has 1 unspecified atom stereocenters. The molecule has 0 aliphatic carbocycles. The van der Waals surface area contributed by atoms with Gasteiger partial charge in [-0.05, 0) is 43.2 Å². The van der Waals surface area contributed by atoms with Gasteiger partial charge in [0.2, 0.25) is 0 Å². The number of carboxylic acid groups (broad SMARTS) is 2. The zero-order chi connectivity index (χ0) is 27.1. The molecular formula is C26H26N4O7. The van der Waals surface area contributed by atoms with Crippen LogP contribution in [0.25, 0.3) is 10.9 Å². The van der Waals surface area contributed by atoms with Crippen molar-refractivity contribution in [2.24, 2.45) is 0 Å². The van der Waals surface area contributed by atoms with Gasteiger partial charge in [0, 0.05) is 24.7 Å². The Morgan fingerprint density at radius 1 is 1.22 bits per heavy atom. The van der Waals surface area contributed by atoms with Crippen molar-refractivity contribution in [1.82, 2.24) is 15.3 Å². The lowest BCUT2D eigenvalue weighted by atomic mass is 10.1. The number of amides is 1. The lowest BCUT2D eigenvalue weighted by molar-refractivity contribution is -0.140. The van der Waals surface area contributed by atoms with Crippen LogP contribution in [0, 0.1) is 19.3 Å². The number of H-pyrrole nitrogens is 1. The van der Waals surface area contributed by atoms with Crippen molar-refractivity contribution in [3.63, 3.8) is 0 Å². The third-order valence-corrected chi connectivity index (χ3v) is 5.59. The van der Waals surface area contributed by atoms with E-state index in [4.69, 9.17) is 16.3 Å². The monoisotopic (exact) mass is 506 g/mol. The Kier molecular flexibility index (Phi) is 8.47. The molecule has 37 heavy (non-hydrogen) atoms. The molecule has 1 heterocycles. The first-order valence-corrected chi connectivity index (χ1v) is 11.2. The number of nitrogens with one attached hydrogen (secondary N) is 2. The number of nitrogens with zero attached hydrogens (tertiary/aromatic N) is 2. The number of carboxylic acids is 2. The van der Waals surface area contributed by atoms with E-state index in [2.05, 4.69) is 21.2 Å². The summed E-state index contributed by atoms with van der Waals surface area (Å²) in [5, 5.41) is 20.9. The summed E-state index contributed by atoms with van der Waals surface area (Å²) in [4.78, 5) is 56.2. The Balaban J connectivity index is 1.86. The maximum Gasteiger partial charge on any atom is 0.326 e. The van der Waals surface area contributed by atoms with Crippen molar-refractivity contribution >= 4 is 34.4 Å². The highest BCUT2D eigenvalue weighted by atomic mass is 16.5. The van der Waals surface area contributed by atoms with Crippen LogP contribution in [0.5, 0.6) is 5.75 Å². The van der Waals surface area contributed by atoms with E-state index in [0.29, 0.717) is 29.0 Å². The van der Waals surface area contributed by atoms with Gasteiger partial charge >= 0.3 is 11.9 Å². The van der Waals surface area contributed by atoms with Gasteiger partial charge in [-0.2, -0.15) is 0 Å². The summed E-state index contributed by atoms with van der Waals surface area (Å²) in [7, 11) is 1.37. The topological polar surface area (TPSA) is 162 Å². The minimum atomic E-state index is -1.37. The third kappa shape index (κ3) is 6.64. The first-order chi connectivity index (χ1) is 17.6. The van der Waals surface area contributed by atoms with Crippen molar-refractivity contribution in [2.75, 3.05) is 18.6 Å². The van der Waals surface area contributed by atoms with Crippen LogP contribution in [0.3, 0.4) is 0 Å². The number of aryl methyl sites for hydroxylation is 1. The zero-order valence-corrected chi connectivity index (χ0v) is 20.3. The molecule has 3 rings (SSSR count). The van der Waals surface area contributed by atoms with Gasteiger partial charge in [-0.1, -0.05) is 12.0 Å². The third-order valence-electron chi connectivity index (χ3n) is 5.59. The van der Waals surface area contributed by atoms with E-state index >= 15 is 0 Å². The van der Waals surface area contributed by atoms with Crippen LogP contribution in [0.15, 0.2) is 41.2 Å². The molecule has 3 aromatic rings. The molecule has 1 aromatic heterocycles. The molecule has 0 fully saturated rings. The lowest BCUT2D eigenvalue weighted by Gasteiger charge is -2.24. The van der Waals surface area contributed by atoms with Gasteiger partial charge in [0.25, 0.3) is 11.5 Å². The highest BCUT2D eigenvalue weighted by Crippen LogP contribution is 2.27. The number of methoxy groups -OCH3 is 1. The Morgan fingerprint density at radius 2 is 1.97 bits per heavy atom. The number of hydrogen-bond acceptors (Lipinski definition) is 7. The largest absolute Gasteiger partial charge is 0.496 e. The van der Waals surface area contributed by atoms with Crippen molar-refractivity contribution in [1.29, 1.82) is 0 Å². The number of fused-ring (bicyclic) bond motifs is 1. The first kappa shape index (κ1) is 26.7. The second-order valence-corrected chi connectivity index (χ2v) is 8.24. The number of ether oxygens (including phenoxy) is 1. The smallest absolute Gasteiger partial charge is 0.326 e. The predicted octanol–water partition coefficient (Wildman–Crippen LogP) is 1.93. The second kappa shape index (κ2) is 11.7. The van der Waals surface area contributed by atoms with Gasteiger partial charge in [0.05, 0.1) is 30.1 Å². The van der Waals surface area contributed by atoms with Gasteiger partial charge < -0.3 is 30.2 Å². The molecule has 11 heteroatoms. The molecule has 1 atom stereocenters. The average Bonchev–Trinajstić information content (AvgIpc) is 2.85. The van der Waals surface area contributed by atoms with Crippen molar-refractivity contribution < 1.29 is 29.3 Å². The Hall–Kier alpha value is -4.85. The molecule has 192 valence electrons. The number of carbonyl (C=O) groups is 3. The summed E-state index contributed by atoms with van der Waals surface area (Å²) >= 11 is 0. The number of aromatic amines is 1. The number of hydrogen-bond donors (Lipinski definition) is 4. The molecule has 0 aliphatic rings. The molecule has 2 aromatic carbocycles. The lowest BCUT2D eigenvalue weighted by Crippen LogP contribution is -2.41. The number of anilines is 1. The maximum atomic E-state index is 12.8. The first-order valence-electron chi connectivity index (χ1n) is 11.2. The molecule has 0 radical (unpaired) electrons. The SMILES string of the molecule is C#CCN(Cc1ccc2nc(C)[nH]c(=O)c2c1)c1ccc(C(=O)NC(CCC(=O)O)C(=O)O)c(OC)c1. The molecular weight excluding hydrogens is 480 g/mol. The number of rotatable bonds is 11.